The van der Waals surface area contributed by atoms with E-state index in [-0.39, 0.29) is 42.7 Å². The zero-order valence-electron chi connectivity index (χ0n) is 23.0. The number of aliphatic hydroxyl groups is 1. The third kappa shape index (κ3) is 7.71. The summed E-state index contributed by atoms with van der Waals surface area (Å²) in [5.74, 6) is 0.483. The molecule has 40 heavy (non-hydrogen) atoms. The maximum atomic E-state index is 13.5. The maximum Gasteiger partial charge on any atom is 0.407 e. The summed E-state index contributed by atoms with van der Waals surface area (Å²) in [6.07, 6.45) is -1.95. The van der Waals surface area contributed by atoms with Crippen LogP contribution in [-0.4, -0.2) is 82.1 Å². The average molecular weight is 579 g/mol. The first-order chi connectivity index (χ1) is 19.2. The van der Waals surface area contributed by atoms with Gasteiger partial charge in [0.15, 0.2) is 6.29 Å². The predicted molar refractivity (Wildman–Crippen MR) is 145 cm³/mol. The molecule has 0 aromatic heterocycles. The summed E-state index contributed by atoms with van der Waals surface area (Å²) >= 11 is 0. The van der Waals surface area contributed by atoms with Crippen molar-refractivity contribution in [1.82, 2.24) is 9.79 Å². The van der Waals surface area contributed by atoms with Gasteiger partial charge in [-0.05, 0) is 48.6 Å². The first-order valence-electron chi connectivity index (χ1n) is 13.4. The summed E-state index contributed by atoms with van der Waals surface area (Å²) in [6, 6.07) is 14.3. The number of benzene rings is 2. The van der Waals surface area contributed by atoms with Crippen molar-refractivity contribution in [3.63, 3.8) is 0 Å². The number of carbonyl (C=O) groups is 1. The smallest absolute Gasteiger partial charge is 0.407 e. The zero-order chi connectivity index (χ0) is 28.7. The number of rotatable bonds is 13. The summed E-state index contributed by atoms with van der Waals surface area (Å²) in [4.78, 5) is 18.6. The molecule has 5 atom stereocenters. The van der Waals surface area contributed by atoms with Gasteiger partial charge < -0.3 is 29.4 Å². The number of ether oxygens (including phenoxy) is 4. The number of hydroxylamine groups is 1. The van der Waals surface area contributed by atoms with Crippen LogP contribution in [0.25, 0.3) is 0 Å². The van der Waals surface area contributed by atoms with Crippen LogP contribution in [0.5, 0.6) is 5.75 Å². The lowest BCUT2D eigenvalue weighted by Crippen LogP contribution is -2.51. The van der Waals surface area contributed by atoms with E-state index in [1.807, 2.05) is 44.2 Å². The molecule has 11 nitrogen and oxygen atoms in total. The van der Waals surface area contributed by atoms with Crippen LogP contribution < -0.4 is 10.1 Å². The molecule has 220 valence electrons. The second kappa shape index (κ2) is 13.7. The standard InChI is InChI=1S/C28H38N2O9S/c1-19(2)17-38-30(40(33,34)22-11-9-21(35-3)10-12-22)16-25(31)24(15-20-7-5-4-6-8-20)29-28(32)39-26-18-37-27-23(26)13-14-36-27/h4-12,19,23-27,31H,13-18H2,1-3H3,(H,29,32)/t23-,24-,25+,26?,27+/m0/s1. The molecule has 2 aromatic carbocycles. The van der Waals surface area contributed by atoms with E-state index in [9.17, 15) is 18.3 Å². The molecule has 1 unspecified atom stereocenters. The predicted octanol–water partition coefficient (Wildman–Crippen LogP) is 2.73. The largest absolute Gasteiger partial charge is 0.497 e. The molecule has 2 aliphatic heterocycles. The molecule has 2 aliphatic rings. The van der Waals surface area contributed by atoms with Gasteiger partial charge in [-0.25, -0.2) is 13.2 Å². The Labute approximate surface area is 235 Å². The van der Waals surface area contributed by atoms with Crippen LogP contribution in [0.2, 0.25) is 0 Å². The van der Waals surface area contributed by atoms with Crippen molar-refractivity contribution >= 4 is 16.1 Å². The Morgan fingerprint density at radius 2 is 1.85 bits per heavy atom. The van der Waals surface area contributed by atoms with Crippen LogP contribution in [0.15, 0.2) is 59.5 Å². The highest BCUT2D eigenvalue weighted by Crippen LogP contribution is 2.33. The van der Waals surface area contributed by atoms with E-state index in [2.05, 4.69) is 5.32 Å². The minimum absolute atomic E-state index is 0.0224. The Morgan fingerprint density at radius 1 is 1.12 bits per heavy atom. The minimum Gasteiger partial charge on any atom is -0.497 e. The van der Waals surface area contributed by atoms with E-state index in [0.29, 0.717) is 12.4 Å². The van der Waals surface area contributed by atoms with Crippen molar-refractivity contribution in [3.8, 4) is 5.75 Å². The third-order valence-corrected chi connectivity index (χ3v) is 8.48. The van der Waals surface area contributed by atoms with Crippen LogP contribution in [-0.2, 0) is 35.5 Å². The molecule has 0 saturated carbocycles. The molecule has 0 radical (unpaired) electrons. The Balaban J connectivity index is 1.51. The number of nitrogens with one attached hydrogen (secondary N) is 1. The number of carbonyl (C=O) groups excluding carboxylic acids is 1. The first-order valence-corrected chi connectivity index (χ1v) is 14.8. The second-order valence-electron chi connectivity index (χ2n) is 10.3. The summed E-state index contributed by atoms with van der Waals surface area (Å²) in [7, 11) is -2.67. The van der Waals surface area contributed by atoms with Crippen molar-refractivity contribution in [2.45, 2.75) is 56.1 Å². The van der Waals surface area contributed by atoms with Crippen LogP contribution >= 0.6 is 0 Å². The van der Waals surface area contributed by atoms with E-state index >= 15 is 0 Å². The highest BCUT2D eigenvalue weighted by Gasteiger charge is 2.44. The molecule has 2 heterocycles. The minimum atomic E-state index is -4.16. The van der Waals surface area contributed by atoms with E-state index in [1.165, 1.54) is 31.4 Å². The van der Waals surface area contributed by atoms with Gasteiger partial charge in [0, 0.05) is 0 Å². The van der Waals surface area contributed by atoms with Gasteiger partial charge in [-0.3, -0.25) is 4.84 Å². The molecule has 1 amide bonds. The molecular formula is C28H38N2O9S. The molecule has 2 N–H and O–H groups in total. The number of amides is 1. The number of hydrogen-bond donors (Lipinski definition) is 2. The molecule has 0 spiro atoms. The molecular weight excluding hydrogens is 540 g/mol. The Hall–Kier alpha value is -2.74. The molecule has 2 fully saturated rings. The van der Waals surface area contributed by atoms with Gasteiger partial charge in [-0.1, -0.05) is 48.6 Å². The molecule has 2 saturated heterocycles. The Kier molecular flexibility index (Phi) is 10.4. The van der Waals surface area contributed by atoms with Crippen molar-refractivity contribution in [2.75, 3.05) is 33.5 Å². The fraction of sp³-hybridized carbons (Fsp3) is 0.536. The van der Waals surface area contributed by atoms with Gasteiger partial charge in [0.05, 0.1) is 56.4 Å². The second-order valence-corrected chi connectivity index (χ2v) is 12.2. The van der Waals surface area contributed by atoms with Crippen LogP contribution in [0.1, 0.15) is 25.8 Å². The topological polar surface area (TPSA) is 133 Å². The van der Waals surface area contributed by atoms with Crippen molar-refractivity contribution in [3.05, 3.63) is 60.2 Å². The lowest BCUT2D eigenvalue weighted by atomic mass is 10.0. The lowest BCUT2D eigenvalue weighted by Gasteiger charge is -2.30. The number of nitrogens with zero attached hydrogens (tertiary/aromatic N) is 1. The van der Waals surface area contributed by atoms with Gasteiger partial charge in [0.2, 0.25) is 0 Å². The van der Waals surface area contributed by atoms with E-state index in [4.69, 9.17) is 23.8 Å². The summed E-state index contributed by atoms with van der Waals surface area (Å²) < 4.78 is 49.7. The maximum absolute atomic E-state index is 13.5. The quantitative estimate of drug-likeness (QED) is 0.344. The average Bonchev–Trinajstić information content (AvgIpc) is 3.56. The fourth-order valence-corrected chi connectivity index (χ4v) is 5.88. The van der Waals surface area contributed by atoms with Gasteiger partial charge in [-0.15, -0.1) is 0 Å². The van der Waals surface area contributed by atoms with Crippen molar-refractivity contribution in [1.29, 1.82) is 0 Å². The molecule has 2 aromatic rings. The highest BCUT2D eigenvalue weighted by molar-refractivity contribution is 7.89. The van der Waals surface area contributed by atoms with Gasteiger partial charge in [-0.2, -0.15) is 0 Å². The fourth-order valence-electron chi connectivity index (χ4n) is 4.62. The first kappa shape index (κ1) is 30.2. The molecule has 0 bridgehead atoms. The molecule has 12 heteroatoms. The SMILES string of the molecule is COc1ccc(S(=O)(=O)N(C[C@@H](O)[C@H](Cc2ccccc2)NC(=O)OC2CO[C@H]3OCC[C@@H]23)OCC(C)C)cc1. The molecule has 4 rings (SSSR count). The summed E-state index contributed by atoms with van der Waals surface area (Å²) in [5.41, 5.74) is 0.841. The summed E-state index contributed by atoms with van der Waals surface area (Å²) in [5, 5.41) is 14.1. The number of alkyl carbamates (subject to hydrolysis) is 1. The van der Waals surface area contributed by atoms with E-state index in [1.54, 1.807) is 0 Å². The van der Waals surface area contributed by atoms with Gasteiger partial charge >= 0.3 is 6.09 Å². The van der Waals surface area contributed by atoms with Crippen molar-refractivity contribution in [2.24, 2.45) is 11.8 Å². The number of hydrogen-bond acceptors (Lipinski definition) is 9. The zero-order valence-corrected chi connectivity index (χ0v) is 23.8. The monoisotopic (exact) mass is 578 g/mol. The third-order valence-electron chi connectivity index (χ3n) is 6.82. The van der Waals surface area contributed by atoms with E-state index in [0.717, 1.165) is 16.5 Å². The number of aliphatic hydroxyl groups excluding tert-OH is 1. The van der Waals surface area contributed by atoms with Crippen LogP contribution in [0.3, 0.4) is 0 Å². The highest BCUT2D eigenvalue weighted by atomic mass is 32.2. The summed E-state index contributed by atoms with van der Waals surface area (Å²) in [6.45, 7) is 4.22. The van der Waals surface area contributed by atoms with Gasteiger partial charge in [0.1, 0.15) is 11.9 Å². The Bertz CT molecular complexity index is 1190. The van der Waals surface area contributed by atoms with Gasteiger partial charge in [0.25, 0.3) is 10.0 Å². The lowest BCUT2D eigenvalue weighted by molar-refractivity contribution is -0.115. The number of fused-ring (bicyclic) bond motifs is 1. The Morgan fingerprint density at radius 3 is 2.52 bits per heavy atom. The van der Waals surface area contributed by atoms with Crippen LogP contribution in [0, 0.1) is 11.8 Å². The van der Waals surface area contributed by atoms with Crippen LogP contribution in [0.4, 0.5) is 4.79 Å². The number of methoxy groups -OCH3 is 1. The normalized spacial score (nSPS) is 22.2. The molecule has 0 aliphatic carbocycles. The van der Waals surface area contributed by atoms with Crippen molar-refractivity contribution < 1.29 is 42.1 Å². The number of sulfonamides is 1. The van der Waals surface area contributed by atoms with E-state index < -0.39 is 40.9 Å².